The van der Waals surface area contributed by atoms with Crippen LogP contribution in [0.5, 0.6) is 0 Å². The van der Waals surface area contributed by atoms with Crippen LogP contribution in [0, 0.1) is 17.8 Å². The Morgan fingerprint density at radius 2 is 2.06 bits per heavy atom. The van der Waals surface area contributed by atoms with E-state index in [4.69, 9.17) is 4.74 Å². The molecule has 2 fully saturated rings. The van der Waals surface area contributed by atoms with Gasteiger partial charge in [-0.15, -0.1) is 0 Å². The second-order valence-corrected chi connectivity index (χ2v) is 5.65. The van der Waals surface area contributed by atoms with Gasteiger partial charge in [-0.3, -0.25) is 0 Å². The minimum absolute atomic E-state index is 0.702. The van der Waals surface area contributed by atoms with Crippen LogP contribution in [-0.4, -0.2) is 25.8 Å². The van der Waals surface area contributed by atoms with Gasteiger partial charge in [0.1, 0.15) is 0 Å². The molecule has 0 aromatic heterocycles. The van der Waals surface area contributed by atoms with E-state index in [0.29, 0.717) is 6.04 Å². The largest absolute Gasteiger partial charge is 0.381 e. The number of nitrogens with one attached hydrogen (secondary N) is 1. The van der Waals surface area contributed by atoms with Crippen LogP contribution in [0.2, 0.25) is 0 Å². The van der Waals surface area contributed by atoms with Gasteiger partial charge in [-0.2, -0.15) is 0 Å². The van der Waals surface area contributed by atoms with Gasteiger partial charge >= 0.3 is 0 Å². The third-order valence-electron chi connectivity index (χ3n) is 4.27. The van der Waals surface area contributed by atoms with E-state index in [0.717, 1.165) is 37.5 Å². The first-order chi connectivity index (χ1) is 7.83. The molecule has 1 saturated carbocycles. The van der Waals surface area contributed by atoms with Crippen LogP contribution >= 0.6 is 0 Å². The predicted octanol–water partition coefficient (Wildman–Crippen LogP) is 2.83. The average Bonchev–Trinajstić information content (AvgIpc) is 3.14. The van der Waals surface area contributed by atoms with Gasteiger partial charge in [-0.05, 0) is 56.4 Å². The Bertz CT molecular complexity index is 197. The molecule has 0 bridgehead atoms. The van der Waals surface area contributed by atoms with Gasteiger partial charge in [0.2, 0.25) is 0 Å². The summed E-state index contributed by atoms with van der Waals surface area (Å²) in [7, 11) is 0. The van der Waals surface area contributed by atoms with Crippen LogP contribution in [-0.2, 0) is 4.74 Å². The number of ether oxygens (including phenoxy) is 1. The lowest BCUT2D eigenvalue weighted by atomic mass is 9.83. The molecule has 1 heterocycles. The van der Waals surface area contributed by atoms with E-state index in [1.807, 2.05) is 0 Å². The molecule has 2 rings (SSSR count). The van der Waals surface area contributed by atoms with Crippen molar-refractivity contribution in [1.82, 2.24) is 5.32 Å². The van der Waals surface area contributed by atoms with Crippen molar-refractivity contribution >= 4 is 0 Å². The number of hydrogen-bond donors (Lipinski definition) is 1. The van der Waals surface area contributed by atoms with Gasteiger partial charge in [-0.25, -0.2) is 0 Å². The Kier molecular flexibility index (Phi) is 4.66. The third kappa shape index (κ3) is 3.21. The molecule has 3 unspecified atom stereocenters. The second-order valence-electron chi connectivity index (χ2n) is 5.65. The SMILES string of the molecule is CCCNC(C1CCCOC1)C(C)C1CC1. The fourth-order valence-electron chi connectivity index (χ4n) is 3.06. The molecule has 94 valence electrons. The van der Waals surface area contributed by atoms with Gasteiger partial charge in [0.25, 0.3) is 0 Å². The maximum absolute atomic E-state index is 5.65. The summed E-state index contributed by atoms with van der Waals surface area (Å²) in [4.78, 5) is 0. The first-order valence-corrected chi connectivity index (χ1v) is 7.14. The van der Waals surface area contributed by atoms with Gasteiger partial charge in [0.15, 0.2) is 0 Å². The van der Waals surface area contributed by atoms with E-state index >= 15 is 0 Å². The van der Waals surface area contributed by atoms with Crippen LogP contribution in [0.1, 0.15) is 46.0 Å². The zero-order chi connectivity index (χ0) is 11.4. The lowest BCUT2D eigenvalue weighted by Gasteiger charge is -2.35. The molecule has 2 aliphatic rings. The maximum Gasteiger partial charge on any atom is 0.0509 e. The summed E-state index contributed by atoms with van der Waals surface area (Å²) in [5.41, 5.74) is 0. The first-order valence-electron chi connectivity index (χ1n) is 7.14. The molecule has 2 heteroatoms. The lowest BCUT2D eigenvalue weighted by Crippen LogP contribution is -2.45. The molecule has 1 aliphatic heterocycles. The van der Waals surface area contributed by atoms with Crippen molar-refractivity contribution < 1.29 is 4.74 Å². The van der Waals surface area contributed by atoms with Crippen molar-refractivity contribution in [1.29, 1.82) is 0 Å². The molecule has 16 heavy (non-hydrogen) atoms. The van der Waals surface area contributed by atoms with Gasteiger partial charge in [0, 0.05) is 12.6 Å². The molecular weight excluding hydrogens is 198 g/mol. The Hall–Kier alpha value is -0.0800. The quantitative estimate of drug-likeness (QED) is 0.750. The molecule has 0 amide bonds. The van der Waals surface area contributed by atoms with E-state index < -0.39 is 0 Å². The summed E-state index contributed by atoms with van der Waals surface area (Å²) in [6.45, 7) is 7.83. The lowest BCUT2D eigenvalue weighted by molar-refractivity contribution is 0.0281. The highest BCUT2D eigenvalue weighted by Crippen LogP contribution is 2.40. The molecule has 0 radical (unpaired) electrons. The van der Waals surface area contributed by atoms with Crippen LogP contribution in [0.4, 0.5) is 0 Å². The second kappa shape index (κ2) is 6.02. The van der Waals surface area contributed by atoms with Crippen LogP contribution in [0.25, 0.3) is 0 Å². The third-order valence-corrected chi connectivity index (χ3v) is 4.27. The standard InChI is InChI=1S/C14H27NO/c1-3-8-15-14(11(2)12-6-7-12)13-5-4-9-16-10-13/h11-15H,3-10H2,1-2H3. The normalized spacial score (nSPS) is 30.0. The van der Waals surface area contributed by atoms with Crippen LogP contribution in [0.3, 0.4) is 0 Å². The smallest absolute Gasteiger partial charge is 0.0509 e. The van der Waals surface area contributed by atoms with E-state index in [-0.39, 0.29) is 0 Å². The molecule has 0 aromatic carbocycles. The summed E-state index contributed by atoms with van der Waals surface area (Å²) in [6.07, 6.45) is 6.77. The molecule has 1 N–H and O–H groups in total. The van der Waals surface area contributed by atoms with Crippen molar-refractivity contribution in [3.05, 3.63) is 0 Å². The highest BCUT2D eigenvalue weighted by atomic mass is 16.5. The van der Waals surface area contributed by atoms with E-state index in [9.17, 15) is 0 Å². The fourth-order valence-corrected chi connectivity index (χ4v) is 3.06. The number of rotatable bonds is 6. The fraction of sp³-hybridized carbons (Fsp3) is 1.00. The van der Waals surface area contributed by atoms with Gasteiger partial charge in [0.05, 0.1) is 6.61 Å². The topological polar surface area (TPSA) is 21.3 Å². The highest BCUT2D eigenvalue weighted by molar-refractivity contribution is 4.90. The van der Waals surface area contributed by atoms with Crippen molar-refractivity contribution in [2.45, 2.75) is 52.0 Å². The Morgan fingerprint density at radius 3 is 2.62 bits per heavy atom. The van der Waals surface area contributed by atoms with E-state index in [2.05, 4.69) is 19.2 Å². The van der Waals surface area contributed by atoms with Crippen molar-refractivity contribution in [3.8, 4) is 0 Å². The van der Waals surface area contributed by atoms with Crippen molar-refractivity contribution in [3.63, 3.8) is 0 Å². The Balaban J connectivity index is 1.88. The van der Waals surface area contributed by atoms with E-state index in [1.54, 1.807) is 0 Å². The minimum Gasteiger partial charge on any atom is -0.381 e. The van der Waals surface area contributed by atoms with Crippen LogP contribution < -0.4 is 5.32 Å². The van der Waals surface area contributed by atoms with E-state index in [1.165, 1.54) is 32.1 Å². The first kappa shape index (κ1) is 12.4. The molecule has 1 aliphatic carbocycles. The van der Waals surface area contributed by atoms with Crippen LogP contribution in [0.15, 0.2) is 0 Å². The minimum atomic E-state index is 0.702. The Morgan fingerprint density at radius 1 is 1.25 bits per heavy atom. The zero-order valence-corrected chi connectivity index (χ0v) is 10.9. The molecule has 3 atom stereocenters. The summed E-state index contributed by atoms with van der Waals surface area (Å²) in [5, 5.41) is 3.78. The summed E-state index contributed by atoms with van der Waals surface area (Å²) in [6, 6.07) is 0.702. The average molecular weight is 225 g/mol. The summed E-state index contributed by atoms with van der Waals surface area (Å²) < 4.78 is 5.65. The molecular formula is C14H27NO. The van der Waals surface area contributed by atoms with Crippen molar-refractivity contribution in [2.75, 3.05) is 19.8 Å². The van der Waals surface area contributed by atoms with Crippen molar-refractivity contribution in [2.24, 2.45) is 17.8 Å². The molecule has 1 saturated heterocycles. The van der Waals surface area contributed by atoms with Gasteiger partial charge in [-0.1, -0.05) is 13.8 Å². The maximum atomic E-state index is 5.65. The Labute approximate surface area is 100 Å². The summed E-state index contributed by atoms with van der Waals surface area (Å²) >= 11 is 0. The predicted molar refractivity (Wildman–Crippen MR) is 67.5 cm³/mol. The molecule has 2 nitrogen and oxygen atoms in total. The monoisotopic (exact) mass is 225 g/mol. The highest BCUT2D eigenvalue weighted by Gasteiger charge is 2.37. The molecule has 0 aromatic rings. The summed E-state index contributed by atoms with van der Waals surface area (Å²) in [5.74, 6) is 2.60. The molecule has 0 spiro atoms. The number of hydrogen-bond acceptors (Lipinski definition) is 2. The zero-order valence-electron chi connectivity index (χ0n) is 10.9. The van der Waals surface area contributed by atoms with Gasteiger partial charge < -0.3 is 10.1 Å².